The van der Waals surface area contributed by atoms with Crippen LogP contribution >= 0.6 is 0 Å². The molecule has 1 saturated heterocycles. The molecule has 0 bridgehead atoms. The zero-order valence-corrected chi connectivity index (χ0v) is 11.0. The molecule has 0 aromatic carbocycles. The largest absolute Gasteiger partial charge is 0.480 e. The molecule has 1 atom stereocenters. The van der Waals surface area contributed by atoms with Crippen molar-refractivity contribution in [2.75, 3.05) is 26.8 Å². The van der Waals surface area contributed by atoms with Crippen LogP contribution in [0.15, 0.2) is 0 Å². The van der Waals surface area contributed by atoms with Gasteiger partial charge < -0.3 is 9.84 Å². The summed E-state index contributed by atoms with van der Waals surface area (Å²) in [5.41, 5.74) is 0. The lowest BCUT2D eigenvalue weighted by Gasteiger charge is -2.35. The lowest BCUT2D eigenvalue weighted by atomic mass is 9.95. The lowest BCUT2D eigenvalue weighted by molar-refractivity contribution is -0.144. The maximum atomic E-state index is 11.2. The molecule has 0 aromatic rings. The van der Waals surface area contributed by atoms with Gasteiger partial charge in [0.1, 0.15) is 6.04 Å². The number of methoxy groups -OCH3 is 1. The Morgan fingerprint density at radius 1 is 1.47 bits per heavy atom. The Hall–Kier alpha value is -0.610. The van der Waals surface area contributed by atoms with Gasteiger partial charge >= 0.3 is 5.97 Å². The molecule has 1 N–H and O–H groups in total. The van der Waals surface area contributed by atoms with E-state index in [9.17, 15) is 9.90 Å². The third-order valence-corrected chi connectivity index (χ3v) is 3.61. The van der Waals surface area contributed by atoms with E-state index < -0.39 is 5.97 Å². The first-order chi connectivity index (χ1) is 8.19. The van der Waals surface area contributed by atoms with E-state index in [1.54, 1.807) is 7.11 Å². The first-order valence-corrected chi connectivity index (χ1v) is 6.64. The number of carboxylic acid groups (broad SMARTS) is 1. The summed E-state index contributed by atoms with van der Waals surface area (Å²) in [5.74, 6) is -0.0551. The molecule has 1 rings (SSSR count). The molecule has 0 saturated carbocycles. The Balaban J connectivity index is 2.40. The van der Waals surface area contributed by atoms with Gasteiger partial charge in [0.2, 0.25) is 0 Å². The molecule has 0 radical (unpaired) electrons. The predicted octanol–water partition coefficient (Wildman–Crippen LogP) is 1.99. The van der Waals surface area contributed by atoms with Crippen LogP contribution in [0.2, 0.25) is 0 Å². The van der Waals surface area contributed by atoms with Crippen LogP contribution in [0.1, 0.15) is 39.0 Å². The second-order valence-electron chi connectivity index (χ2n) is 4.93. The Morgan fingerprint density at radius 3 is 2.59 bits per heavy atom. The van der Waals surface area contributed by atoms with E-state index in [1.165, 1.54) is 0 Å². The van der Waals surface area contributed by atoms with Crippen molar-refractivity contribution in [3.05, 3.63) is 0 Å². The standard InChI is InChI=1S/C13H25NO3/c1-3-4-5-12(13(15)16)14-8-6-11(7-9-14)10-17-2/h11-12H,3-10H2,1-2H3,(H,15,16). The van der Waals surface area contributed by atoms with Gasteiger partial charge in [-0.15, -0.1) is 0 Å². The van der Waals surface area contributed by atoms with Gasteiger partial charge in [0.15, 0.2) is 0 Å². The summed E-state index contributed by atoms with van der Waals surface area (Å²) in [5, 5.41) is 9.26. The van der Waals surface area contributed by atoms with E-state index in [0.717, 1.165) is 51.8 Å². The van der Waals surface area contributed by atoms with E-state index >= 15 is 0 Å². The van der Waals surface area contributed by atoms with Crippen molar-refractivity contribution >= 4 is 5.97 Å². The first kappa shape index (κ1) is 14.5. The fourth-order valence-corrected chi connectivity index (χ4v) is 2.53. The lowest BCUT2D eigenvalue weighted by Crippen LogP contribution is -2.46. The summed E-state index contributed by atoms with van der Waals surface area (Å²) in [6.45, 7) is 4.70. The number of unbranched alkanes of at least 4 members (excludes halogenated alkanes) is 1. The third-order valence-electron chi connectivity index (χ3n) is 3.61. The third kappa shape index (κ3) is 4.64. The minimum Gasteiger partial charge on any atom is -0.480 e. The quantitative estimate of drug-likeness (QED) is 0.743. The molecule has 4 heteroatoms. The number of rotatable bonds is 7. The van der Waals surface area contributed by atoms with Gasteiger partial charge in [-0.25, -0.2) is 0 Å². The molecule has 1 heterocycles. The van der Waals surface area contributed by atoms with Crippen molar-refractivity contribution in [2.24, 2.45) is 5.92 Å². The summed E-state index contributed by atoms with van der Waals surface area (Å²) >= 11 is 0. The van der Waals surface area contributed by atoms with Crippen LogP contribution in [0.25, 0.3) is 0 Å². The Morgan fingerprint density at radius 2 is 2.12 bits per heavy atom. The van der Waals surface area contributed by atoms with Gasteiger partial charge in [0, 0.05) is 13.7 Å². The summed E-state index contributed by atoms with van der Waals surface area (Å²) in [4.78, 5) is 13.4. The topological polar surface area (TPSA) is 49.8 Å². The highest BCUT2D eigenvalue weighted by molar-refractivity contribution is 5.73. The van der Waals surface area contributed by atoms with Crippen LogP contribution in [0.3, 0.4) is 0 Å². The minimum atomic E-state index is -0.663. The summed E-state index contributed by atoms with van der Waals surface area (Å²) in [6.07, 6.45) is 4.95. The van der Waals surface area contributed by atoms with E-state index in [4.69, 9.17) is 4.74 Å². The van der Waals surface area contributed by atoms with Crippen LogP contribution < -0.4 is 0 Å². The number of piperidine rings is 1. The number of likely N-dealkylation sites (tertiary alicyclic amines) is 1. The molecule has 17 heavy (non-hydrogen) atoms. The Labute approximate surface area is 104 Å². The van der Waals surface area contributed by atoms with Crippen LogP contribution in [0, 0.1) is 5.92 Å². The van der Waals surface area contributed by atoms with Gasteiger partial charge in [-0.05, 0) is 38.3 Å². The fraction of sp³-hybridized carbons (Fsp3) is 0.923. The van der Waals surface area contributed by atoms with Gasteiger partial charge in [0.05, 0.1) is 0 Å². The molecule has 0 aromatic heterocycles. The fourth-order valence-electron chi connectivity index (χ4n) is 2.53. The first-order valence-electron chi connectivity index (χ1n) is 6.64. The minimum absolute atomic E-state index is 0.279. The van der Waals surface area contributed by atoms with E-state index in [2.05, 4.69) is 11.8 Å². The average Bonchev–Trinajstić information content (AvgIpc) is 2.31. The van der Waals surface area contributed by atoms with E-state index in [0.29, 0.717) is 5.92 Å². The van der Waals surface area contributed by atoms with Crippen molar-refractivity contribution in [2.45, 2.75) is 45.1 Å². The van der Waals surface area contributed by atoms with E-state index in [1.807, 2.05) is 0 Å². The molecule has 0 amide bonds. The van der Waals surface area contributed by atoms with Crippen LogP contribution in [0.5, 0.6) is 0 Å². The second-order valence-corrected chi connectivity index (χ2v) is 4.93. The zero-order valence-electron chi connectivity index (χ0n) is 11.0. The highest BCUT2D eigenvalue weighted by Gasteiger charge is 2.28. The van der Waals surface area contributed by atoms with E-state index in [-0.39, 0.29) is 6.04 Å². The molecule has 1 fully saturated rings. The summed E-state index contributed by atoms with van der Waals surface area (Å²) in [6, 6.07) is -0.279. The SMILES string of the molecule is CCCCC(C(=O)O)N1CCC(COC)CC1. The number of carboxylic acids is 1. The van der Waals surface area contributed by atoms with Crippen molar-refractivity contribution in [3.8, 4) is 0 Å². The Kier molecular flexibility index (Phi) is 6.52. The number of nitrogens with zero attached hydrogens (tertiary/aromatic N) is 1. The van der Waals surface area contributed by atoms with Gasteiger partial charge in [-0.3, -0.25) is 9.69 Å². The molecule has 100 valence electrons. The number of hydrogen-bond acceptors (Lipinski definition) is 3. The molecular formula is C13H25NO3. The summed E-state index contributed by atoms with van der Waals surface area (Å²) in [7, 11) is 1.73. The van der Waals surface area contributed by atoms with Gasteiger partial charge in [-0.2, -0.15) is 0 Å². The highest BCUT2D eigenvalue weighted by Crippen LogP contribution is 2.21. The maximum Gasteiger partial charge on any atom is 0.320 e. The zero-order chi connectivity index (χ0) is 12.7. The molecule has 1 aliphatic heterocycles. The number of carbonyl (C=O) groups is 1. The van der Waals surface area contributed by atoms with Crippen LogP contribution in [0.4, 0.5) is 0 Å². The molecule has 4 nitrogen and oxygen atoms in total. The normalized spacial score (nSPS) is 20.4. The monoisotopic (exact) mass is 243 g/mol. The van der Waals surface area contributed by atoms with Gasteiger partial charge in [0.25, 0.3) is 0 Å². The molecule has 1 unspecified atom stereocenters. The predicted molar refractivity (Wildman–Crippen MR) is 67.1 cm³/mol. The molecular weight excluding hydrogens is 218 g/mol. The summed E-state index contributed by atoms with van der Waals surface area (Å²) < 4.78 is 5.15. The average molecular weight is 243 g/mol. The van der Waals surface area contributed by atoms with Gasteiger partial charge in [-0.1, -0.05) is 19.8 Å². The van der Waals surface area contributed by atoms with Crippen LogP contribution in [-0.2, 0) is 9.53 Å². The number of ether oxygens (including phenoxy) is 1. The van der Waals surface area contributed by atoms with Crippen molar-refractivity contribution in [1.29, 1.82) is 0 Å². The molecule has 1 aliphatic rings. The number of aliphatic carboxylic acids is 1. The maximum absolute atomic E-state index is 11.2. The van der Waals surface area contributed by atoms with Crippen molar-refractivity contribution in [1.82, 2.24) is 4.90 Å². The molecule has 0 aliphatic carbocycles. The Bertz CT molecular complexity index is 225. The van der Waals surface area contributed by atoms with Crippen molar-refractivity contribution < 1.29 is 14.6 Å². The van der Waals surface area contributed by atoms with Crippen molar-refractivity contribution in [3.63, 3.8) is 0 Å². The smallest absolute Gasteiger partial charge is 0.320 e. The van der Waals surface area contributed by atoms with Crippen LogP contribution in [-0.4, -0.2) is 48.8 Å². The number of hydrogen-bond donors (Lipinski definition) is 1. The highest BCUT2D eigenvalue weighted by atomic mass is 16.5. The second kappa shape index (κ2) is 7.67. The molecule has 0 spiro atoms.